The summed E-state index contributed by atoms with van der Waals surface area (Å²) in [6.07, 6.45) is 0. The molecule has 0 aliphatic carbocycles. The zero-order chi connectivity index (χ0) is 17.6. The van der Waals surface area contributed by atoms with Crippen molar-refractivity contribution in [1.82, 2.24) is 5.48 Å². The lowest BCUT2D eigenvalue weighted by molar-refractivity contribution is -0.149. The Labute approximate surface area is 141 Å². The summed E-state index contributed by atoms with van der Waals surface area (Å²) in [5.41, 5.74) is 3.98. The Kier molecular flexibility index (Phi) is 6.08. The topological polar surface area (TPSA) is 81.7 Å². The van der Waals surface area contributed by atoms with Crippen LogP contribution < -0.4 is 5.48 Å². The molecule has 128 valence electrons. The molecule has 0 spiro atoms. The molecular weight excluding hydrogens is 330 g/mol. The third kappa shape index (κ3) is 5.16. The van der Waals surface area contributed by atoms with Gasteiger partial charge in [-0.1, -0.05) is 48.0 Å². The number of aryl methyl sites for hydroxylation is 1. The van der Waals surface area contributed by atoms with Crippen LogP contribution in [0.25, 0.3) is 0 Å². The van der Waals surface area contributed by atoms with Crippen molar-refractivity contribution >= 4 is 16.1 Å². The van der Waals surface area contributed by atoms with E-state index in [4.69, 9.17) is 9.02 Å². The molecule has 0 aromatic heterocycles. The van der Waals surface area contributed by atoms with Crippen molar-refractivity contribution in [3.05, 3.63) is 65.7 Å². The van der Waals surface area contributed by atoms with Gasteiger partial charge in [0.05, 0.1) is 4.90 Å². The summed E-state index contributed by atoms with van der Waals surface area (Å²) < 4.78 is 33.8. The maximum Gasteiger partial charge on any atom is 0.325 e. The fraction of sp³-hybridized carbons (Fsp3) is 0.235. The quantitative estimate of drug-likeness (QED) is 0.610. The highest BCUT2D eigenvalue weighted by atomic mass is 32.2. The first kappa shape index (κ1) is 18.1. The van der Waals surface area contributed by atoms with Crippen molar-refractivity contribution < 1.29 is 22.2 Å². The zero-order valence-corrected chi connectivity index (χ0v) is 14.2. The highest BCUT2D eigenvalue weighted by molar-refractivity contribution is 7.86. The van der Waals surface area contributed by atoms with Crippen molar-refractivity contribution in [1.29, 1.82) is 0 Å². The molecule has 2 aromatic carbocycles. The Bertz CT molecular complexity index is 772. The van der Waals surface area contributed by atoms with E-state index >= 15 is 0 Å². The zero-order valence-electron chi connectivity index (χ0n) is 13.4. The van der Waals surface area contributed by atoms with Crippen molar-refractivity contribution in [2.75, 3.05) is 0 Å². The number of ether oxygens (including phenoxy) is 1. The molecule has 0 heterocycles. The van der Waals surface area contributed by atoms with Gasteiger partial charge < -0.3 is 4.74 Å². The van der Waals surface area contributed by atoms with Crippen molar-refractivity contribution in [2.45, 2.75) is 31.4 Å². The third-order valence-electron chi connectivity index (χ3n) is 3.22. The van der Waals surface area contributed by atoms with Crippen LogP contribution in [0, 0.1) is 6.92 Å². The van der Waals surface area contributed by atoms with E-state index in [-0.39, 0.29) is 11.5 Å². The fourth-order valence-corrected chi connectivity index (χ4v) is 2.63. The summed E-state index contributed by atoms with van der Waals surface area (Å²) in [5.74, 6) is -0.613. The normalized spacial score (nSPS) is 12.6. The summed E-state index contributed by atoms with van der Waals surface area (Å²) in [6.45, 7) is 3.41. The lowest BCUT2D eigenvalue weighted by Crippen LogP contribution is -2.36. The van der Waals surface area contributed by atoms with Gasteiger partial charge in [0.25, 0.3) is 0 Å². The molecule has 0 saturated heterocycles. The largest absolute Gasteiger partial charge is 0.460 e. The van der Waals surface area contributed by atoms with E-state index < -0.39 is 22.1 Å². The van der Waals surface area contributed by atoms with Crippen molar-refractivity contribution in [2.24, 2.45) is 0 Å². The van der Waals surface area contributed by atoms with Gasteiger partial charge in [-0.15, -0.1) is 0 Å². The molecule has 0 fully saturated rings. The second-order valence-corrected chi connectivity index (χ2v) is 6.83. The number of rotatable bonds is 7. The predicted molar refractivity (Wildman–Crippen MR) is 88.3 cm³/mol. The number of hydroxylamine groups is 1. The predicted octanol–water partition coefficient (Wildman–Crippen LogP) is 2.34. The summed E-state index contributed by atoms with van der Waals surface area (Å²) in [5, 5.41) is 0. The summed E-state index contributed by atoms with van der Waals surface area (Å²) in [7, 11) is -3.99. The van der Waals surface area contributed by atoms with Gasteiger partial charge in [0.1, 0.15) is 12.6 Å². The second-order valence-electron chi connectivity index (χ2n) is 5.28. The van der Waals surface area contributed by atoms with Crippen molar-refractivity contribution in [3.63, 3.8) is 0 Å². The highest BCUT2D eigenvalue weighted by Gasteiger charge is 2.20. The number of benzene rings is 2. The van der Waals surface area contributed by atoms with E-state index in [1.165, 1.54) is 19.1 Å². The average molecular weight is 349 g/mol. The molecule has 1 atom stereocenters. The van der Waals surface area contributed by atoms with Crippen LogP contribution in [0.5, 0.6) is 0 Å². The Balaban J connectivity index is 1.86. The van der Waals surface area contributed by atoms with Crippen LogP contribution in [0.4, 0.5) is 0 Å². The van der Waals surface area contributed by atoms with Crippen LogP contribution in [0.3, 0.4) is 0 Å². The first-order valence-corrected chi connectivity index (χ1v) is 8.75. The van der Waals surface area contributed by atoms with Gasteiger partial charge in [0.15, 0.2) is 0 Å². The van der Waals surface area contributed by atoms with Gasteiger partial charge in [0, 0.05) is 0 Å². The Morgan fingerprint density at radius 2 is 1.71 bits per heavy atom. The van der Waals surface area contributed by atoms with Crippen LogP contribution in [0.15, 0.2) is 59.5 Å². The maximum absolute atomic E-state index is 12.0. The van der Waals surface area contributed by atoms with Crippen molar-refractivity contribution in [3.8, 4) is 0 Å². The Hall–Kier alpha value is -2.22. The van der Waals surface area contributed by atoms with Gasteiger partial charge in [-0.2, -0.15) is 18.2 Å². The average Bonchev–Trinajstić information content (AvgIpc) is 2.59. The number of esters is 1. The van der Waals surface area contributed by atoms with E-state index in [2.05, 4.69) is 5.48 Å². The summed E-state index contributed by atoms with van der Waals surface area (Å²) in [6, 6.07) is 14.4. The molecule has 0 saturated carbocycles. The monoisotopic (exact) mass is 349 g/mol. The van der Waals surface area contributed by atoms with Crippen LogP contribution in [-0.2, 0) is 30.5 Å². The Morgan fingerprint density at radius 1 is 1.08 bits per heavy atom. The smallest absolute Gasteiger partial charge is 0.325 e. The number of hydrogen-bond donors (Lipinski definition) is 1. The molecule has 0 radical (unpaired) electrons. The second kappa shape index (κ2) is 8.05. The van der Waals surface area contributed by atoms with E-state index in [9.17, 15) is 13.2 Å². The van der Waals surface area contributed by atoms with Gasteiger partial charge in [-0.3, -0.25) is 4.79 Å². The molecule has 6 nitrogen and oxygen atoms in total. The maximum atomic E-state index is 12.0. The third-order valence-corrected chi connectivity index (χ3v) is 4.39. The highest BCUT2D eigenvalue weighted by Crippen LogP contribution is 2.12. The van der Waals surface area contributed by atoms with Crippen LogP contribution in [0.1, 0.15) is 18.1 Å². The molecule has 2 aromatic rings. The molecule has 1 unspecified atom stereocenters. The van der Waals surface area contributed by atoms with E-state index in [1.807, 2.05) is 37.3 Å². The molecule has 0 amide bonds. The van der Waals surface area contributed by atoms with E-state index in [1.54, 1.807) is 12.1 Å². The number of hydrogen-bond acceptors (Lipinski definition) is 6. The number of carbonyl (C=O) groups excluding carboxylic acids is 1. The minimum atomic E-state index is -3.99. The van der Waals surface area contributed by atoms with Crippen LogP contribution in [0.2, 0.25) is 0 Å². The molecule has 2 rings (SSSR count). The molecular formula is C17H19NO5S. The van der Waals surface area contributed by atoms with Crippen LogP contribution in [-0.4, -0.2) is 20.4 Å². The molecule has 0 aliphatic heterocycles. The fourth-order valence-electron chi connectivity index (χ4n) is 1.79. The SMILES string of the molecule is Cc1ccc(S(=O)(=O)ONC(C)C(=O)OCc2ccccc2)cc1. The molecule has 7 heteroatoms. The number of carbonyl (C=O) groups is 1. The lowest BCUT2D eigenvalue weighted by atomic mass is 10.2. The van der Waals surface area contributed by atoms with Gasteiger partial charge >= 0.3 is 16.1 Å². The first-order chi connectivity index (χ1) is 11.4. The van der Waals surface area contributed by atoms with Gasteiger partial charge in [-0.25, -0.2) is 0 Å². The van der Waals surface area contributed by atoms with Gasteiger partial charge in [0.2, 0.25) is 0 Å². The summed E-state index contributed by atoms with van der Waals surface area (Å²) in [4.78, 5) is 11.9. The summed E-state index contributed by atoms with van der Waals surface area (Å²) >= 11 is 0. The minimum absolute atomic E-state index is 0.00505. The molecule has 0 aliphatic rings. The first-order valence-electron chi connectivity index (χ1n) is 7.35. The molecule has 24 heavy (non-hydrogen) atoms. The van der Waals surface area contributed by atoms with E-state index in [0.29, 0.717) is 0 Å². The standard InChI is InChI=1S/C17H19NO5S/c1-13-8-10-16(11-9-13)24(20,21)23-18-14(2)17(19)22-12-15-6-4-3-5-7-15/h3-11,14,18H,12H2,1-2H3. The number of nitrogens with one attached hydrogen (secondary N) is 1. The Morgan fingerprint density at radius 3 is 2.33 bits per heavy atom. The van der Waals surface area contributed by atoms with Gasteiger partial charge in [-0.05, 0) is 31.5 Å². The minimum Gasteiger partial charge on any atom is -0.460 e. The van der Waals surface area contributed by atoms with Crippen LogP contribution >= 0.6 is 0 Å². The molecule has 0 bridgehead atoms. The lowest BCUT2D eigenvalue weighted by Gasteiger charge is -2.13. The molecule has 1 N–H and O–H groups in total. The van der Waals surface area contributed by atoms with E-state index in [0.717, 1.165) is 11.1 Å².